The van der Waals surface area contributed by atoms with Crippen molar-refractivity contribution in [2.45, 2.75) is 49.3 Å². The van der Waals surface area contributed by atoms with Crippen LogP contribution in [0.1, 0.15) is 12.8 Å². The molecule has 2 aliphatic heterocycles. The maximum absolute atomic E-state index is 12.6. The lowest BCUT2D eigenvalue weighted by Gasteiger charge is -2.24. The van der Waals surface area contributed by atoms with E-state index in [-0.39, 0.29) is 43.0 Å². The van der Waals surface area contributed by atoms with Gasteiger partial charge in [0.1, 0.15) is 27.9 Å². The fourth-order valence-corrected chi connectivity index (χ4v) is 4.33. The minimum absolute atomic E-state index is 0.0407. The van der Waals surface area contributed by atoms with Gasteiger partial charge < -0.3 is 28.0 Å². The molecule has 0 amide bonds. The first kappa shape index (κ1) is 19.4. The molecule has 0 aromatic carbocycles. The average Bonchev–Trinajstić information content (AvgIpc) is 2.99. The molecule has 7 nitrogen and oxygen atoms in total. The van der Waals surface area contributed by atoms with E-state index in [1.807, 2.05) is 15.7 Å². The Labute approximate surface area is 140 Å². The molecule has 23 heavy (non-hydrogen) atoms. The number of methoxy groups -OCH3 is 2. The van der Waals surface area contributed by atoms with E-state index in [9.17, 15) is 4.57 Å². The van der Waals surface area contributed by atoms with Crippen LogP contribution in [0.3, 0.4) is 0 Å². The van der Waals surface area contributed by atoms with Gasteiger partial charge in [0, 0.05) is 32.9 Å². The van der Waals surface area contributed by atoms with E-state index in [0.717, 1.165) is 6.42 Å². The van der Waals surface area contributed by atoms with E-state index >= 15 is 0 Å². The highest BCUT2D eigenvalue weighted by atomic mass is 31.2. The molecule has 0 aromatic rings. The molecule has 132 valence electrons. The van der Waals surface area contributed by atoms with Crippen molar-refractivity contribution in [3.8, 4) is 0 Å². The summed E-state index contributed by atoms with van der Waals surface area (Å²) in [7, 11) is 3.99. The first-order valence-corrected chi connectivity index (χ1v) is 10.1. The van der Waals surface area contributed by atoms with Crippen LogP contribution in [0.15, 0.2) is 0 Å². The zero-order chi connectivity index (χ0) is 17.0. The Kier molecular flexibility index (Phi) is 7.17. The molecule has 0 aliphatic carbocycles. The highest BCUT2D eigenvalue weighted by molar-refractivity contribution is 7.53. The molecule has 0 aromatic heterocycles. The summed E-state index contributed by atoms with van der Waals surface area (Å²) >= 11 is 0. The first-order chi connectivity index (χ1) is 10.8. The topological polar surface area (TPSA) is 72.5 Å². The van der Waals surface area contributed by atoms with Crippen LogP contribution in [-0.4, -0.2) is 86.2 Å². The SMILES string of the molecule is B[C@H]1CC(OC)[C@@H](COP(C)(=O)OC2C[C@H](B)O[C@@H]2COC)O1. The second-order valence-corrected chi connectivity index (χ2v) is 8.39. The van der Waals surface area contributed by atoms with Crippen molar-refractivity contribution in [1.82, 2.24) is 0 Å². The highest BCUT2D eigenvalue weighted by Crippen LogP contribution is 2.48. The maximum atomic E-state index is 12.6. The summed E-state index contributed by atoms with van der Waals surface area (Å²) in [6.45, 7) is 2.08. The molecule has 0 spiro atoms. The average molecular weight is 348 g/mol. The van der Waals surface area contributed by atoms with Crippen molar-refractivity contribution in [1.29, 1.82) is 0 Å². The summed E-state index contributed by atoms with van der Waals surface area (Å²) in [5.41, 5.74) is 0. The lowest BCUT2D eigenvalue weighted by molar-refractivity contribution is -0.0285. The van der Waals surface area contributed by atoms with Crippen molar-refractivity contribution in [3.63, 3.8) is 0 Å². The van der Waals surface area contributed by atoms with Gasteiger partial charge in [-0.2, -0.15) is 0 Å². The van der Waals surface area contributed by atoms with Crippen molar-refractivity contribution >= 4 is 23.3 Å². The van der Waals surface area contributed by atoms with E-state index in [1.54, 1.807) is 14.2 Å². The van der Waals surface area contributed by atoms with Crippen LogP contribution >= 0.6 is 7.60 Å². The van der Waals surface area contributed by atoms with Gasteiger partial charge in [-0.05, 0) is 12.8 Å². The minimum Gasteiger partial charge on any atom is -0.382 e. The zero-order valence-electron chi connectivity index (χ0n) is 14.6. The van der Waals surface area contributed by atoms with Crippen LogP contribution in [0.4, 0.5) is 0 Å². The van der Waals surface area contributed by atoms with Crippen LogP contribution < -0.4 is 0 Å². The first-order valence-electron chi connectivity index (χ1n) is 8.07. The number of hydrogen-bond donors (Lipinski definition) is 0. The Balaban J connectivity index is 1.85. The lowest BCUT2D eigenvalue weighted by Crippen LogP contribution is -2.30. The molecule has 2 heterocycles. The second-order valence-electron chi connectivity index (χ2n) is 6.38. The Morgan fingerprint density at radius 1 is 1.04 bits per heavy atom. The Hall–Kier alpha value is 0.120. The molecular weight excluding hydrogens is 321 g/mol. The molecule has 10 heteroatoms. The zero-order valence-corrected chi connectivity index (χ0v) is 15.5. The Morgan fingerprint density at radius 3 is 2.17 bits per heavy atom. The third-order valence-electron chi connectivity index (χ3n) is 4.21. The number of rotatable bonds is 8. The van der Waals surface area contributed by atoms with Gasteiger partial charge in [0.25, 0.3) is 0 Å². The summed E-state index contributed by atoms with van der Waals surface area (Å²) in [6.07, 6.45) is 0.709. The summed E-state index contributed by atoms with van der Waals surface area (Å²) in [5, 5.41) is 0. The van der Waals surface area contributed by atoms with Gasteiger partial charge in [-0.15, -0.1) is 0 Å². The van der Waals surface area contributed by atoms with Gasteiger partial charge in [0.15, 0.2) is 0 Å². The standard InChI is InChI=1S/C13H27B2O7P/c1-17-6-10-9(5-13(15)20-10)22-23(3,16)19-7-11-8(18-2)4-12(14)21-11/h8-13H,4-7,14-15H2,1-3H3/t8?,9?,10-,11-,12-,13-,23?/m1/s1. The van der Waals surface area contributed by atoms with Crippen LogP contribution in [0, 0.1) is 0 Å². The Morgan fingerprint density at radius 2 is 1.61 bits per heavy atom. The monoisotopic (exact) mass is 348 g/mol. The molecule has 0 N–H and O–H groups in total. The largest absolute Gasteiger partial charge is 0.382 e. The smallest absolute Gasteiger partial charge is 0.328 e. The molecule has 3 unspecified atom stereocenters. The molecule has 0 bridgehead atoms. The van der Waals surface area contributed by atoms with Gasteiger partial charge in [0.2, 0.25) is 0 Å². The lowest BCUT2D eigenvalue weighted by atomic mass is 9.96. The fourth-order valence-electron chi connectivity index (χ4n) is 3.14. The molecule has 2 rings (SSSR count). The van der Waals surface area contributed by atoms with Crippen molar-refractivity contribution < 1.29 is 32.6 Å². The number of hydrogen-bond acceptors (Lipinski definition) is 7. The van der Waals surface area contributed by atoms with Crippen molar-refractivity contribution in [2.24, 2.45) is 0 Å². The quantitative estimate of drug-likeness (QED) is 0.427. The third-order valence-corrected chi connectivity index (χ3v) is 5.48. The van der Waals surface area contributed by atoms with E-state index in [4.69, 9.17) is 28.0 Å². The predicted molar refractivity (Wildman–Crippen MR) is 90.7 cm³/mol. The normalized spacial score (nSPS) is 40.3. The van der Waals surface area contributed by atoms with Crippen LogP contribution in [0.5, 0.6) is 0 Å². The second kappa shape index (κ2) is 8.48. The summed E-state index contributed by atoms with van der Waals surface area (Å²) in [6, 6.07) is 0.165. The molecule has 7 atom stereocenters. The molecule has 2 saturated heterocycles. The van der Waals surface area contributed by atoms with Crippen molar-refractivity contribution in [3.05, 3.63) is 0 Å². The predicted octanol–water partition coefficient (Wildman–Crippen LogP) is -0.631. The van der Waals surface area contributed by atoms with E-state index < -0.39 is 7.60 Å². The van der Waals surface area contributed by atoms with Gasteiger partial charge in [0.05, 0.1) is 25.4 Å². The summed E-state index contributed by atoms with van der Waals surface area (Å²) in [4.78, 5) is 0. The Bertz CT molecular complexity index is 427. The van der Waals surface area contributed by atoms with Gasteiger partial charge in [-0.3, -0.25) is 4.57 Å². The van der Waals surface area contributed by atoms with Gasteiger partial charge >= 0.3 is 7.60 Å². The van der Waals surface area contributed by atoms with E-state index in [2.05, 4.69) is 0 Å². The van der Waals surface area contributed by atoms with Gasteiger partial charge in [-0.1, -0.05) is 0 Å². The fraction of sp³-hybridized carbons (Fsp3) is 1.00. The molecule has 0 radical (unpaired) electrons. The van der Waals surface area contributed by atoms with Crippen molar-refractivity contribution in [2.75, 3.05) is 34.1 Å². The van der Waals surface area contributed by atoms with Crippen LogP contribution in [0.25, 0.3) is 0 Å². The van der Waals surface area contributed by atoms with Crippen LogP contribution in [-0.2, 0) is 32.6 Å². The molecule has 2 aliphatic rings. The highest BCUT2D eigenvalue weighted by Gasteiger charge is 2.39. The maximum Gasteiger partial charge on any atom is 0.328 e. The third kappa shape index (κ3) is 5.56. The summed E-state index contributed by atoms with van der Waals surface area (Å²) in [5.74, 6) is 0. The van der Waals surface area contributed by atoms with Gasteiger partial charge in [-0.25, -0.2) is 0 Å². The molecular formula is C13H27B2O7P. The number of ether oxygens (including phenoxy) is 4. The van der Waals surface area contributed by atoms with E-state index in [0.29, 0.717) is 13.0 Å². The van der Waals surface area contributed by atoms with Crippen LogP contribution in [0.2, 0.25) is 0 Å². The summed E-state index contributed by atoms with van der Waals surface area (Å²) < 4.78 is 45.9. The molecule has 0 saturated carbocycles. The minimum atomic E-state index is -3.21. The molecule has 2 fully saturated rings. The van der Waals surface area contributed by atoms with E-state index in [1.165, 1.54) is 6.66 Å².